The van der Waals surface area contributed by atoms with Crippen LogP contribution in [0.2, 0.25) is 0 Å². The number of amides is 1. The summed E-state index contributed by atoms with van der Waals surface area (Å²) in [6.45, 7) is 4.10. The first kappa shape index (κ1) is 22.8. The van der Waals surface area contributed by atoms with Gasteiger partial charge >= 0.3 is 0 Å². The Kier molecular flexibility index (Phi) is 6.57. The van der Waals surface area contributed by atoms with Gasteiger partial charge in [0.2, 0.25) is 5.91 Å². The van der Waals surface area contributed by atoms with Crippen LogP contribution < -0.4 is 19.1 Å². The van der Waals surface area contributed by atoms with Crippen molar-refractivity contribution in [3.63, 3.8) is 0 Å². The molecule has 7 heteroatoms. The third-order valence-corrected chi connectivity index (χ3v) is 6.27. The number of para-hydroxylation sites is 6. The lowest BCUT2D eigenvalue weighted by molar-refractivity contribution is -0.117. The minimum Gasteiger partial charge on any atom is -0.493 e. The average molecular weight is 472 g/mol. The molecule has 0 bridgehead atoms. The molecule has 1 atom stereocenters. The number of ether oxygens (including phenoxy) is 3. The number of carbonyl (C=O) groups is 1. The summed E-state index contributed by atoms with van der Waals surface area (Å²) in [4.78, 5) is 19.9. The third kappa shape index (κ3) is 4.54. The topological polar surface area (TPSA) is 65.8 Å². The van der Waals surface area contributed by atoms with E-state index in [-0.39, 0.29) is 11.8 Å². The summed E-state index contributed by atoms with van der Waals surface area (Å²) in [6, 6.07) is 23.4. The Morgan fingerprint density at radius 3 is 2.43 bits per heavy atom. The van der Waals surface area contributed by atoms with E-state index in [0.29, 0.717) is 44.2 Å². The van der Waals surface area contributed by atoms with Crippen LogP contribution in [0.3, 0.4) is 0 Å². The summed E-state index contributed by atoms with van der Waals surface area (Å²) in [5, 5.41) is 0. The minimum absolute atomic E-state index is 0.0316. The molecule has 1 amide bonds. The fourth-order valence-corrected chi connectivity index (χ4v) is 4.70. The summed E-state index contributed by atoms with van der Waals surface area (Å²) in [5.41, 5.74) is 2.76. The molecule has 0 unspecified atom stereocenters. The van der Waals surface area contributed by atoms with Crippen LogP contribution in [0.5, 0.6) is 17.2 Å². The molecule has 4 aromatic rings. The SMILES string of the molecule is CCOc1ccccc1N1C[C@H](c2nc3ccccc3n2CCOc2ccccc2OC)CC1=O. The van der Waals surface area contributed by atoms with Gasteiger partial charge in [-0.2, -0.15) is 0 Å². The molecule has 180 valence electrons. The Bertz CT molecular complexity index is 1330. The molecule has 0 radical (unpaired) electrons. The van der Waals surface area contributed by atoms with Gasteiger partial charge in [-0.3, -0.25) is 4.79 Å². The van der Waals surface area contributed by atoms with E-state index in [1.165, 1.54) is 0 Å². The standard InChI is InChI=1S/C28H29N3O4/c1-3-34-24-13-7-6-12-23(24)31-19-20(18-27(31)32)28-29-21-10-4-5-11-22(21)30(28)16-17-35-26-15-9-8-14-25(26)33-2/h4-15,20H,3,16-19H2,1-2H3/t20-/m1/s1. The number of nitrogens with zero attached hydrogens (tertiary/aromatic N) is 3. The van der Waals surface area contributed by atoms with Crippen LogP contribution in [0.1, 0.15) is 25.1 Å². The number of hydrogen-bond acceptors (Lipinski definition) is 5. The van der Waals surface area contributed by atoms with Gasteiger partial charge in [-0.15, -0.1) is 0 Å². The number of methoxy groups -OCH3 is 1. The first-order valence-corrected chi connectivity index (χ1v) is 11.9. The molecule has 1 aliphatic heterocycles. The van der Waals surface area contributed by atoms with Gasteiger partial charge in [0.05, 0.1) is 37.0 Å². The van der Waals surface area contributed by atoms with Crippen LogP contribution in [0.15, 0.2) is 72.8 Å². The maximum absolute atomic E-state index is 13.1. The molecular weight excluding hydrogens is 442 g/mol. The number of imidazole rings is 1. The maximum Gasteiger partial charge on any atom is 0.227 e. The highest BCUT2D eigenvalue weighted by molar-refractivity contribution is 5.97. The normalized spacial score (nSPS) is 15.5. The van der Waals surface area contributed by atoms with Gasteiger partial charge in [0, 0.05) is 18.9 Å². The molecule has 1 aliphatic rings. The quantitative estimate of drug-likeness (QED) is 0.342. The number of rotatable bonds is 9. The Labute approximate surface area is 204 Å². The summed E-state index contributed by atoms with van der Waals surface area (Å²) in [6.07, 6.45) is 0.400. The number of anilines is 1. The van der Waals surface area contributed by atoms with Crippen molar-refractivity contribution in [3.8, 4) is 17.2 Å². The van der Waals surface area contributed by atoms with Gasteiger partial charge in [0.1, 0.15) is 18.2 Å². The van der Waals surface area contributed by atoms with Crippen molar-refractivity contribution in [3.05, 3.63) is 78.6 Å². The van der Waals surface area contributed by atoms with Crippen molar-refractivity contribution in [2.45, 2.75) is 25.8 Å². The van der Waals surface area contributed by atoms with E-state index in [1.807, 2.05) is 78.6 Å². The van der Waals surface area contributed by atoms with Crippen molar-refractivity contribution in [2.75, 3.05) is 31.8 Å². The van der Waals surface area contributed by atoms with Crippen molar-refractivity contribution >= 4 is 22.6 Å². The molecule has 2 heterocycles. The number of benzene rings is 3. The summed E-state index contributed by atoms with van der Waals surface area (Å²) in [7, 11) is 1.64. The average Bonchev–Trinajstić information content (AvgIpc) is 3.45. The van der Waals surface area contributed by atoms with E-state index in [4.69, 9.17) is 19.2 Å². The van der Waals surface area contributed by atoms with E-state index in [2.05, 4.69) is 10.6 Å². The second-order valence-electron chi connectivity index (χ2n) is 8.42. The summed E-state index contributed by atoms with van der Waals surface area (Å²) >= 11 is 0. The zero-order chi connectivity index (χ0) is 24.2. The monoisotopic (exact) mass is 471 g/mol. The smallest absolute Gasteiger partial charge is 0.227 e. The molecular formula is C28H29N3O4. The predicted octanol–water partition coefficient (Wildman–Crippen LogP) is 5.04. The minimum atomic E-state index is -0.0316. The molecule has 0 aliphatic carbocycles. The fourth-order valence-electron chi connectivity index (χ4n) is 4.70. The highest BCUT2D eigenvalue weighted by Crippen LogP contribution is 2.37. The zero-order valence-electron chi connectivity index (χ0n) is 20.0. The Morgan fingerprint density at radius 1 is 0.914 bits per heavy atom. The van der Waals surface area contributed by atoms with Gasteiger partial charge in [-0.25, -0.2) is 4.98 Å². The molecule has 1 fully saturated rings. The first-order valence-electron chi connectivity index (χ1n) is 11.9. The highest BCUT2D eigenvalue weighted by atomic mass is 16.5. The van der Waals surface area contributed by atoms with Crippen molar-refractivity contribution in [1.29, 1.82) is 0 Å². The van der Waals surface area contributed by atoms with E-state index in [1.54, 1.807) is 7.11 Å². The second kappa shape index (κ2) is 10.1. The van der Waals surface area contributed by atoms with Crippen LogP contribution in [0, 0.1) is 0 Å². The predicted molar refractivity (Wildman–Crippen MR) is 136 cm³/mol. The largest absolute Gasteiger partial charge is 0.493 e. The van der Waals surface area contributed by atoms with Crippen LogP contribution in [-0.2, 0) is 11.3 Å². The van der Waals surface area contributed by atoms with Crippen molar-refractivity contribution < 1.29 is 19.0 Å². The lowest BCUT2D eigenvalue weighted by atomic mass is 10.1. The number of carbonyl (C=O) groups excluding carboxylic acids is 1. The van der Waals surface area contributed by atoms with Crippen molar-refractivity contribution in [2.24, 2.45) is 0 Å². The van der Waals surface area contributed by atoms with E-state index in [9.17, 15) is 4.79 Å². The Morgan fingerprint density at radius 2 is 1.63 bits per heavy atom. The molecule has 1 saturated heterocycles. The van der Waals surface area contributed by atoms with Crippen LogP contribution in [0.25, 0.3) is 11.0 Å². The molecule has 3 aromatic carbocycles. The number of hydrogen-bond donors (Lipinski definition) is 0. The van der Waals surface area contributed by atoms with Gasteiger partial charge in [-0.05, 0) is 43.3 Å². The first-order chi connectivity index (χ1) is 17.2. The van der Waals surface area contributed by atoms with Gasteiger partial charge in [-0.1, -0.05) is 36.4 Å². The third-order valence-electron chi connectivity index (χ3n) is 6.27. The summed E-state index contributed by atoms with van der Waals surface area (Å²) < 4.78 is 19.4. The summed E-state index contributed by atoms with van der Waals surface area (Å²) in [5.74, 6) is 3.08. The number of fused-ring (bicyclic) bond motifs is 1. The van der Waals surface area contributed by atoms with Crippen LogP contribution >= 0.6 is 0 Å². The lowest BCUT2D eigenvalue weighted by Gasteiger charge is -2.20. The van der Waals surface area contributed by atoms with E-state index in [0.717, 1.165) is 28.3 Å². The zero-order valence-corrected chi connectivity index (χ0v) is 20.0. The van der Waals surface area contributed by atoms with Crippen molar-refractivity contribution in [1.82, 2.24) is 9.55 Å². The number of aromatic nitrogens is 2. The van der Waals surface area contributed by atoms with Gasteiger partial charge in [0.25, 0.3) is 0 Å². The Balaban J connectivity index is 1.41. The Hall–Kier alpha value is -4.00. The molecule has 1 aromatic heterocycles. The van der Waals surface area contributed by atoms with E-state index < -0.39 is 0 Å². The molecule has 0 saturated carbocycles. The van der Waals surface area contributed by atoms with E-state index >= 15 is 0 Å². The fraction of sp³-hybridized carbons (Fsp3) is 0.286. The van der Waals surface area contributed by atoms with Crippen LogP contribution in [0.4, 0.5) is 5.69 Å². The lowest BCUT2D eigenvalue weighted by Crippen LogP contribution is -2.25. The van der Waals surface area contributed by atoms with Gasteiger partial charge < -0.3 is 23.7 Å². The van der Waals surface area contributed by atoms with Crippen LogP contribution in [-0.4, -0.2) is 42.3 Å². The van der Waals surface area contributed by atoms with Gasteiger partial charge in [0.15, 0.2) is 11.5 Å². The second-order valence-corrected chi connectivity index (χ2v) is 8.42. The molecule has 0 N–H and O–H groups in total. The molecule has 0 spiro atoms. The molecule has 7 nitrogen and oxygen atoms in total. The maximum atomic E-state index is 13.1. The molecule has 35 heavy (non-hydrogen) atoms. The highest BCUT2D eigenvalue weighted by Gasteiger charge is 2.36. The molecule has 5 rings (SSSR count).